The molecule has 1 heterocycles. The first-order valence-electron chi connectivity index (χ1n) is 12.8. The summed E-state index contributed by atoms with van der Waals surface area (Å²) in [6.07, 6.45) is 3.98. The number of nitrogens with one attached hydrogen (secondary N) is 1. The van der Waals surface area contributed by atoms with Crippen molar-refractivity contribution in [2.45, 2.75) is 45.7 Å². The molecule has 0 fully saturated rings. The van der Waals surface area contributed by atoms with Gasteiger partial charge >= 0.3 is 0 Å². The molecule has 0 saturated carbocycles. The number of aromatic nitrogens is 1. The van der Waals surface area contributed by atoms with E-state index >= 15 is 0 Å². The van der Waals surface area contributed by atoms with Gasteiger partial charge in [-0.05, 0) is 62.4 Å². The van der Waals surface area contributed by atoms with Crippen LogP contribution in [-0.4, -0.2) is 22.2 Å². The molecule has 6 nitrogen and oxygen atoms in total. The van der Waals surface area contributed by atoms with Crippen molar-refractivity contribution >= 4 is 28.9 Å². The van der Waals surface area contributed by atoms with Crippen molar-refractivity contribution in [2.75, 3.05) is 0 Å². The molecule has 0 saturated heterocycles. The Hall–Kier alpha value is -4.10. The lowest BCUT2D eigenvalue weighted by atomic mass is 10.0. The number of carbonyl (C=O) groups is 3. The molecule has 1 aliphatic carbocycles. The molecular formula is C31H29N3O3S. The topological polar surface area (TPSA) is 80.5 Å². The second-order valence-electron chi connectivity index (χ2n) is 9.50. The minimum atomic E-state index is -0.392. The van der Waals surface area contributed by atoms with Gasteiger partial charge in [0, 0.05) is 33.8 Å². The van der Waals surface area contributed by atoms with Crippen molar-refractivity contribution in [1.29, 1.82) is 0 Å². The van der Waals surface area contributed by atoms with Crippen molar-refractivity contribution < 1.29 is 14.4 Å². The summed E-state index contributed by atoms with van der Waals surface area (Å²) in [4.78, 5) is 44.9. The van der Waals surface area contributed by atoms with Crippen LogP contribution in [0, 0.1) is 6.92 Å². The van der Waals surface area contributed by atoms with Gasteiger partial charge in [0.05, 0.1) is 6.54 Å². The third-order valence-electron chi connectivity index (χ3n) is 6.72. The van der Waals surface area contributed by atoms with Crippen molar-refractivity contribution in [3.63, 3.8) is 0 Å². The molecule has 1 N–H and O–H groups in total. The van der Waals surface area contributed by atoms with Crippen LogP contribution in [0.5, 0.6) is 0 Å². The van der Waals surface area contributed by atoms with E-state index in [9.17, 15) is 14.4 Å². The summed E-state index contributed by atoms with van der Waals surface area (Å²) in [5.74, 6) is -0.601. The monoisotopic (exact) mass is 523 g/mol. The number of ketones is 1. The number of rotatable bonds is 7. The molecule has 0 radical (unpaired) electrons. The highest BCUT2D eigenvalue weighted by Crippen LogP contribution is 2.24. The van der Waals surface area contributed by atoms with Crippen molar-refractivity contribution in [2.24, 2.45) is 4.99 Å². The van der Waals surface area contributed by atoms with Gasteiger partial charge in [-0.25, -0.2) is 0 Å². The first kappa shape index (κ1) is 25.5. The zero-order chi connectivity index (χ0) is 26.5. The average molecular weight is 524 g/mol. The first-order valence-corrected chi connectivity index (χ1v) is 13.6. The highest BCUT2D eigenvalue weighted by Gasteiger charge is 2.20. The predicted octanol–water partition coefficient (Wildman–Crippen LogP) is 5.29. The highest BCUT2D eigenvalue weighted by molar-refractivity contribution is 7.09. The Morgan fingerprint density at radius 2 is 1.50 bits per heavy atom. The van der Waals surface area contributed by atoms with E-state index in [4.69, 9.17) is 0 Å². The Morgan fingerprint density at radius 1 is 0.842 bits per heavy atom. The van der Waals surface area contributed by atoms with Crippen LogP contribution in [0.1, 0.15) is 65.6 Å². The first-order chi connectivity index (χ1) is 18.5. The van der Waals surface area contributed by atoms with Crippen molar-refractivity contribution in [3.05, 3.63) is 122 Å². The third-order valence-corrected chi connectivity index (χ3v) is 7.90. The van der Waals surface area contributed by atoms with Crippen molar-refractivity contribution in [3.8, 4) is 0 Å². The molecule has 2 amide bonds. The summed E-state index contributed by atoms with van der Waals surface area (Å²) >= 11 is 1.50. The maximum Gasteiger partial charge on any atom is 0.279 e. The minimum absolute atomic E-state index is 0.00376. The van der Waals surface area contributed by atoms with Gasteiger partial charge in [-0.3, -0.25) is 14.4 Å². The Balaban J connectivity index is 1.35. The van der Waals surface area contributed by atoms with Crippen LogP contribution in [0.3, 0.4) is 0 Å². The lowest BCUT2D eigenvalue weighted by molar-refractivity contribution is 0.0947. The number of thiazole rings is 1. The van der Waals surface area contributed by atoms with Gasteiger partial charge in [0.25, 0.3) is 11.8 Å². The molecule has 5 rings (SSSR count). The predicted molar refractivity (Wildman–Crippen MR) is 148 cm³/mol. The van der Waals surface area contributed by atoms with Crippen LogP contribution in [0.25, 0.3) is 0 Å². The molecule has 3 aromatic carbocycles. The number of fused-ring (bicyclic) bond motifs is 1. The van der Waals surface area contributed by atoms with Crippen molar-refractivity contribution in [1.82, 2.24) is 9.88 Å². The van der Waals surface area contributed by atoms with Crippen LogP contribution in [0.2, 0.25) is 0 Å². The number of Topliss-reactive ketones (excluding diaryl/α,β-unsaturated/α-hetero) is 1. The van der Waals surface area contributed by atoms with Gasteiger partial charge in [-0.1, -0.05) is 60.2 Å². The Bertz CT molecular complexity index is 1530. The molecular weight excluding hydrogens is 494 g/mol. The highest BCUT2D eigenvalue weighted by atomic mass is 32.1. The lowest BCUT2D eigenvalue weighted by Crippen LogP contribution is -2.24. The molecule has 1 aromatic heterocycles. The van der Waals surface area contributed by atoms with E-state index in [1.807, 2.05) is 66.1 Å². The summed E-state index contributed by atoms with van der Waals surface area (Å²) in [5, 5.41) is 2.89. The second kappa shape index (κ2) is 11.5. The number of hydrogen-bond acceptors (Lipinski definition) is 4. The largest absolute Gasteiger partial charge is 0.348 e. The Morgan fingerprint density at radius 3 is 2.24 bits per heavy atom. The molecule has 7 heteroatoms. The molecule has 0 atom stereocenters. The van der Waals surface area contributed by atoms with Crippen LogP contribution in [0.4, 0.5) is 0 Å². The number of hydrogen-bond donors (Lipinski definition) is 1. The van der Waals surface area contributed by atoms with Gasteiger partial charge in [0.15, 0.2) is 10.6 Å². The average Bonchev–Trinajstić information content (AvgIpc) is 3.29. The smallest absolute Gasteiger partial charge is 0.279 e. The minimum Gasteiger partial charge on any atom is -0.348 e. The fourth-order valence-electron chi connectivity index (χ4n) is 4.55. The van der Waals surface area contributed by atoms with E-state index in [0.717, 1.165) is 42.5 Å². The van der Waals surface area contributed by atoms with Crippen LogP contribution >= 0.6 is 11.3 Å². The van der Waals surface area contributed by atoms with Gasteiger partial charge < -0.3 is 9.88 Å². The van der Waals surface area contributed by atoms with Crippen LogP contribution < -0.4 is 10.1 Å². The van der Waals surface area contributed by atoms with E-state index in [2.05, 4.69) is 10.3 Å². The normalized spacial score (nSPS) is 13.1. The van der Waals surface area contributed by atoms with E-state index in [-0.39, 0.29) is 18.2 Å². The zero-order valence-electron chi connectivity index (χ0n) is 21.3. The molecule has 0 unspecified atom stereocenters. The van der Waals surface area contributed by atoms with Gasteiger partial charge in [-0.15, -0.1) is 11.3 Å². The molecule has 38 heavy (non-hydrogen) atoms. The van der Waals surface area contributed by atoms with Crippen LogP contribution in [-0.2, 0) is 25.9 Å². The summed E-state index contributed by atoms with van der Waals surface area (Å²) in [5.41, 5.74) is 4.74. The Labute approximate surface area is 225 Å². The van der Waals surface area contributed by atoms with Gasteiger partial charge in [0.2, 0.25) is 0 Å². The van der Waals surface area contributed by atoms with Gasteiger partial charge in [-0.2, -0.15) is 4.99 Å². The number of benzene rings is 3. The standard InChI is InChI=1S/C31H29N3O3S/c1-21-11-13-23(14-12-21)27(35)20-34-26-9-5-6-10-28(26)38-31(34)33-30(37)25-17-15-24(16-18-25)29(36)32-19-22-7-3-2-4-8-22/h2-4,7-8,11-18H,5-6,9-10,19-20H2,1H3,(H,32,36)/b33-31-. The summed E-state index contributed by atoms with van der Waals surface area (Å²) in [6.45, 7) is 2.58. The number of nitrogens with zero attached hydrogens (tertiary/aromatic N) is 2. The van der Waals surface area contributed by atoms with E-state index in [0.29, 0.717) is 28.0 Å². The maximum absolute atomic E-state index is 13.1. The summed E-state index contributed by atoms with van der Waals surface area (Å²) in [7, 11) is 0. The van der Waals surface area contributed by atoms with E-state index in [1.54, 1.807) is 24.3 Å². The fourth-order valence-corrected chi connectivity index (χ4v) is 5.76. The zero-order valence-corrected chi connectivity index (χ0v) is 22.1. The van der Waals surface area contributed by atoms with Crippen LogP contribution in [0.15, 0.2) is 83.9 Å². The third kappa shape index (κ3) is 5.89. The summed E-state index contributed by atoms with van der Waals surface area (Å²) in [6, 6.07) is 23.8. The molecule has 4 aromatic rings. The Kier molecular flexibility index (Phi) is 7.75. The molecule has 0 aliphatic heterocycles. The lowest BCUT2D eigenvalue weighted by Gasteiger charge is -2.14. The molecule has 0 spiro atoms. The SMILES string of the molecule is Cc1ccc(C(=O)Cn2c3c(s/c2=N\C(=O)c2ccc(C(=O)NCc4ccccc4)cc2)CCCC3)cc1. The summed E-state index contributed by atoms with van der Waals surface area (Å²) < 4.78 is 1.92. The quantitative estimate of drug-likeness (QED) is 0.334. The molecule has 0 bridgehead atoms. The number of aryl methyl sites for hydroxylation is 2. The number of amides is 2. The van der Waals surface area contributed by atoms with Gasteiger partial charge in [0.1, 0.15) is 0 Å². The molecule has 1 aliphatic rings. The maximum atomic E-state index is 13.1. The fraction of sp³-hybridized carbons (Fsp3) is 0.226. The second-order valence-corrected chi connectivity index (χ2v) is 10.6. The number of carbonyl (C=O) groups excluding carboxylic acids is 3. The molecule has 192 valence electrons. The van der Waals surface area contributed by atoms with E-state index in [1.165, 1.54) is 16.2 Å². The van der Waals surface area contributed by atoms with E-state index < -0.39 is 5.91 Å².